The molecule has 0 fully saturated rings. The Labute approximate surface area is 83.0 Å². The van der Waals surface area contributed by atoms with Gasteiger partial charge < -0.3 is 0 Å². The largest absolute Gasteiger partial charge is 0.101 e. The fourth-order valence-electron chi connectivity index (χ4n) is 0.781. The van der Waals surface area contributed by atoms with Gasteiger partial charge in [-0.15, -0.1) is 5.92 Å². The molecule has 0 atom stereocenters. The van der Waals surface area contributed by atoms with E-state index in [-0.39, 0.29) is 7.43 Å². The highest BCUT2D eigenvalue weighted by atomic mass is 13.9. The molecule has 0 N–H and O–H groups in total. The Morgan fingerprint density at radius 1 is 1.00 bits per heavy atom. The lowest BCUT2D eigenvalue weighted by Crippen LogP contribution is -1.73. The second-order valence-electron chi connectivity index (χ2n) is 2.24. The fourth-order valence-corrected chi connectivity index (χ4v) is 0.781. The molecule has 72 valence electrons. The Morgan fingerprint density at radius 3 is 1.85 bits per heavy atom. The van der Waals surface area contributed by atoms with Crippen LogP contribution in [0.5, 0.6) is 0 Å². The molecule has 1 aromatic carbocycles. The van der Waals surface area contributed by atoms with E-state index in [0.29, 0.717) is 0 Å². The smallest absolute Gasteiger partial charge is 0.0245 e. The Morgan fingerprint density at radius 2 is 1.46 bits per heavy atom. The number of benzene rings is 1. The summed E-state index contributed by atoms with van der Waals surface area (Å²) in [5.74, 6) is 5.84. The summed E-state index contributed by atoms with van der Waals surface area (Å²) in [6, 6.07) is 8.21. The molecule has 0 unspecified atom stereocenters. The molecule has 0 saturated carbocycles. The van der Waals surface area contributed by atoms with Crippen LogP contribution in [0, 0.1) is 18.8 Å². The lowest BCUT2D eigenvalue weighted by molar-refractivity contribution is 1.46. The zero-order valence-corrected chi connectivity index (χ0v) is 8.31. The molecule has 0 saturated heterocycles. The van der Waals surface area contributed by atoms with Gasteiger partial charge in [-0.3, -0.25) is 0 Å². The van der Waals surface area contributed by atoms with Gasteiger partial charge in [0.25, 0.3) is 0 Å². The highest BCUT2D eigenvalue weighted by Gasteiger charge is 1.83. The van der Waals surface area contributed by atoms with E-state index < -0.39 is 0 Å². The summed E-state index contributed by atoms with van der Waals surface area (Å²) in [5, 5.41) is 0. The fraction of sp³-hybridized carbons (Fsp3) is 0.385. The first-order valence-electron chi connectivity index (χ1n) is 4.32. The molecule has 0 bridgehead atoms. The van der Waals surface area contributed by atoms with Gasteiger partial charge in [0.2, 0.25) is 0 Å². The maximum atomic E-state index is 2.98. The topological polar surface area (TPSA) is 0 Å². The summed E-state index contributed by atoms with van der Waals surface area (Å²) >= 11 is 0. The summed E-state index contributed by atoms with van der Waals surface area (Å²) < 4.78 is 0. The zero-order valence-electron chi connectivity index (χ0n) is 8.31. The zero-order chi connectivity index (χ0) is 9.40. The Kier molecular flexibility index (Phi) is 9.77. The van der Waals surface area contributed by atoms with Crippen LogP contribution in [-0.4, -0.2) is 0 Å². The second kappa shape index (κ2) is 8.87. The number of aryl methyl sites for hydroxylation is 1. The van der Waals surface area contributed by atoms with Crippen LogP contribution in [0.25, 0.3) is 0 Å². The Hall–Kier alpha value is -1.22. The first-order chi connectivity index (χ1) is 5.83. The molecule has 0 spiro atoms. The minimum atomic E-state index is 0. The van der Waals surface area contributed by atoms with Gasteiger partial charge in [-0.2, -0.15) is 0 Å². The molecule has 0 amide bonds. The van der Waals surface area contributed by atoms with Crippen LogP contribution in [0.1, 0.15) is 39.3 Å². The summed E-state index contributed by atoms with van der Waals surface area (Å²) in [5.41, 5.74) is 2.37. The molecule has 0 heterocycles. The van der Waals surface area contributed by atoms with E-state index in [0.717, 1.165) is 5.56 Å². The van der Waals surface area contributed by atoms with Crippen LogP contribution in [0.2, 0.25) is 0 Å². The molecular weight excluding hydrogens is 156 g/mol. The van der Waals surface area contributed by atoms with Crippen LogP contribution in [0.3, 0.4) is 0 Å². The summed E-state index contributed by atoms with van der Waals surface area (Å²) in [7, 11) is 0. The van der Waals surface area contributed by atoms with Gasteiger partial charge in [0, 0.05) is 5.56 Å². The molecule has 0 radical (unpaired) electrons. The van der Waals surface area contributed by atoms with Gasteiger partial charge in [0.05, 0.1) is 0 Å². The van der Waals surface area contributed by atoms with Crippen molar-refractivity contribution >= 4 is 0 Å². The predicted octanol–water partition coefficient (Wildman–Crippen LogP) is 4.03. The third-order valence-corrected chi connectivity index (χ3v) is 1.32. The third-order valence-electron chi connectivity index (χ3n) is 1.32. The van der Waals surface area contributed by atoms with Crippen molar-refractivity contribution in [3.63, 3.8) is 0 Å². The van der Waals surface area contributed by atoms with E-state index >= 15 is 0 Å². The van der Waals surface area contributed by atoms with E-state index in [4.69, 9.17) is 0 Å². The van der Waals surface area contributed by atoms with Crippen molar-refractivity contribution in [2.45, 2.75) is 35.1 Å². The van der Waals surface area contributed by atoms with Crippen LogP contribution in [0.15, 0.2) is 24.3 Å². The van der Waals surface area contributed by atoms with Crippen molar-refractivity contribution in [1.29, 1.82) is 0 Å². The maximum absolute atomic E-state index is 2.98. The average molecular weight is 176 g/mol. The number of rotatable bonds is 0. The highest BCUT2D eigenvalue weighted by molar-refractivity contribution is 5.35. The summed E-state index contributed by atoms with van der Waals surface area (Å²) in [4.78, 5) is 0. The van der Waals surface area contributed by atoms with Gasteiger partial charge in [-0.25, -0.2) is 0 Å². The van der Waals surface area contributed by atoms with Crippen molar-refractivity contribution in [3.8, 4) is 11.8 Å². The van der Waals surface area contributed by atoms with E-state index in [1.165, 1.54) is 5.56 Å². The molecular formula is C13H20. The maximum Gasteiger partial charge on any atom is 0.0245 e. The van der Waals surface area contributed by atoms with Crippen molar-refractivity contribution < 1.29 is 0 Å². The molecule has 0 heteroatoms. The number of hydrogen-bond donors (Lipinski definition) is 0. The lowest BCUT2D eigenvalue weighted by Gasteiger charge is -1.90. The summed E-state index contributed by atoms with van der Waals surface area (Å²) in [6.07, 6.45) is 0. The van der Waals surface area contributed by atoms with Crippen LogP contribution >= 0.6 is 0 Å². The van der Waals surface area contributed by atoms with Gasteiger partial charge in [-0.05, 0) is 26.0 Å². The lowest BCUT2D eigenvalue weighted by atomic mass is 10.2. The van der Waals surface area contributed by atoms with Gasteiger partial charge in [-0.1, -0.05) is 44.9 Å². The molecule has 0 aliphatic rings. The van der Waals surface area contributed by atoms with Crippen molar-refractivity contribution in [1.82, 2.24) is 0 Å². The van der Waals surface area contributed by atoms with Gasteiger partial charge in [0.1, 0.15) is 0 Å². The molecule has 1 rings (SSSR count). The normalized spacial score (nSPS) is 6.77. The molecule has 1 aromatic rings. The first-order valence-corrected chi connectivity index (χ1v) is 4.32. The predicted molar refractivity (Wildman–Crippen MR) is 61.8 cm³/mol. The second-order valence-corrected chi connectivity index (χ2v) is 2.24. The Bertz CT molecular complexity index is 256. The van der Waals surface area contributed by atoms with Crippen molar-refractivity contribution in [3.05, 3.63) is 35.4 Å². The van der Waals surface area contributed by atoms with E-state index in [2.05, 4.69) is 30.9 Å². The minimum absolute atomic E-state index is 0. The molecule has 0 aliphatic heterocycles. The van der Waals surface area contributed by atoms with Crippen molar-refractivity contribution in [2.75, 3.05) is 0 Å². The quantitative estimate of drug-likeness (QED) is 0.523. The summed E-state index contributed by atoms with van der Waals surface area (Å²) in [6.45, 7) is 7.92. The molecule has 0 nitrogen and oxygen atoms in total. The molecule has 13 heavy (non-hydrogen) atoms. The van der Waals surface area contributed by atoms with E-state index in [1.54, 1.807) is 0 Å². The third kappa shape index (κ3) is 5.99. The van der Waals surface area contributed by atoms with E-state index in [1.807, 2.05) is 32.9 Å². The minimum Gasteiger partial charge on any atom is -0.101 e. The van der Waals surface area contributed by atoms with E-state index in [9.17, 15) is 0 Å². The van der Waals surface area contributed by atoms with Gasteiger partial charge >= 0.3 is 0 Å². The Balaban J connectivity index is 0. The monoisotopic (exact) mass is 176 g/mol. The standard InChI is InChI=1S/C10H10.C2H6.CH4/c1-3-4-10-7-5-9(2)6-8-10;1-2;/h5-8H,1-2H3;1-2H3;1H4. The van der Waals surface area contributed by atoms with Gasteiger partial charge in [0.15, 0.2) is 0 Å². The van der Waals surface area contributed by atoms with Crippen LogP contribution in [-0.2, 0) is 0 Å². The van der Waals surface area contributed by atoms with Crippen LogP contribution in [0.4, 0.5) is 0 Å². The van der Waals surface area contributed by atoms with Crippen molar-refractivity contribution in [2.24, 2.45) is 0 Å². The molecule has 0 aromatic heterocycles. The molecule has 0 aliphatic carbocycles. The van der Waals surface area contributed by atoms with Crippen LogP contribution < -0.4 is 0 Å². The first kappa shape index (κ1) is 14.3. The highest BCUT2D eigenvalue weighted by Crippen LogP contribution is 2.00. The average Bonchev–Trinajstić information content (AvgIpc) is 2.13. The SMILES string of the molecule is C.CC.CC#Cc1ccc(C)cc1. The number of hydrogen-bond acceptors (Lipinski definition) is 0.